The maximum Gasteiger partial charge on any atom is 0.407 e. The van der Waals surface area contributed by atoms with Crippen LogP contribution in [0.15, 0.2) is 54.7 Å². The second kappa shape index (κ2) is 9.43. The van der Waals surface area contributed by atoms with Crippen molar-refractivity contribution in [2.45, 2.75) is 33.0 Å². The summed E-state index contributed by atoms with van der Waals surface area (Å²) >= 11 is 1.45. The van der Waals surface area contributed by atoms with Crippen LogP contribution in [0.3, 0.4) is 0 Å². The first-order valence-corrected chi connectivity index (χ1v) is 10.2. The van der Waals surface area contributed by atoms with E-state index in [0.717, 1.165) is 21.8 Å². The van der Waals surface area contributed by atoms with Crippen LogP contribution < -0.4 is 14.8 Å². The molecule has 1 unspecified atom stereocenters. The Morgan fingerprint density at radius 1 is 1.07 bits per heavy atom. The molecule has 0 aliphatic heterocycles. The number of nitrogens with zero attached hydrogens (tertiary/aromatic N) is 1. The number of carbonyl (C=O) groups is 1. The number of thiazole rings is 1. The Bertz CT molecular complexity index is 953. The molecule has 0 saturated heterocycles. The predicted molar refractivity (Wildman–Crippen MR) is 114 cm³/mol. The highest BCUT2D eigenvalue weighted by molar-refractivity contribution is 7.16. The van der Waals surface area contributed by atoms with Crippen molar-refractivity contribution in [1.82, 2.24) is 10.3 Å². The van der Waals surface area contributed by atoms with E-state index in [4.69, 9.17) is 14.2 Å². The van der Waals surface area contributed by atoms with Crippen molar-refractivity contribution in [1.29, 1.82) is 0 Å². The zero-order valence-corrected chi connectivity index (χ0v) is 17.7. The van der Waals surface area contributed by atoms with Crippen LogP contribution in [0, 0.1) is 0 Å². The van der Waals surface area contributed by atoms with Crippen LogP contribution >= 0.6 is 11.3 Å². The smallest absolute Gasteiger partial charge is 0.407 e. The van der Waals surface area contributed by atoms with Gasteiger partial charge in [0.05, 0.1) is 11.0 Å². The molecule has 1 atom stereocenters. The fourth-order valence-electron chi connectivity index (χ4n) is 2.63. The van der Waals surface area contributed by atoms with Crippen molar-refractivity contribution >= 4 is 17.4 Å². The fourth-order valence-corrected chi connectivity index (χ4v) is 3.41. The Labute approximate surface area is 174 Å². The lowest BCUT2D eigenvalue weighted by Gasteiger charge is -2.13. The summed E-state index contributed by atoms with van der Waals surface area (Å²) in [6.07, 6.45) is 1.09. The molecule has 1 aromatic heterocycles. The summed E-state index contributed by atoms with van der Waals surface area (Å²) in [5, 5.41) is 3.01. The number of alkyl carbamates (subject to hydrolysis) is 1. The van der Waals surface area contributed by atoms with Crippen molar-refractivity contribution in [3.8, 4) is 27.1 Å². The van der Waals surface area contributed by atoms with E-state index in [0.29, 0.717) is 10.9 Å². The number of hydrogen-bond donors (Lipinski definition) is 1. The second-order valence-electron chi connectivity index (χ2n) is 6.65. The number of amides is 1. The topological polar surface area (TPSA) is 69.7 Å². The molecule has 2 aromatic carbocycles. The van der Waals surface area contributed by atoms with E-state index in [9.17, 15) is 4.79 Å². The summed E-state index contributed by atoms with van der Waals surface area (Å²) in [5.74, 6) is 1.50. The summed E-state index contributed by atoms with van der Waals surface area (Å²) in [6.45, 7) is 5.81. The summed E-state index contributed by atoms with van der Waals surface area (Å²) in [7, 11) is 1.54. The van der Waals surface area contributed by atoms with Gasteiger partial charge in [0.2, 0.25) is 0 Å². The lowest BCUT2D eigenvalue weighted by Crippen LogP contribution is -2.20. The minimum absolute atomic E-state index is 0.128. The molecule has 7 heteroatoms. The Kier molecular flexibility index (Phi) is 6.72. The normalized spacial score (nSPS) is 11.8. The third kappa shape index (κ3) is 5.71. The van der Waals surface area contributed by atoms with E-state index >= 15 is 0 Å². The lowest BCUT2D eigenvalue weighted by atomic mass is 10.1. The maximum atomic E-state index is 11.4. The summed E-state index contributed by atoms with van der Waals surface area (Å²) in [5.41, 5.74) is 1.89. The average molecular weight is 413 g/mol. The van der Waals surface area contributed by atoms with E-state index in [1.807, 2.05) is 69.3 Å². The lowest BCUT2D eigenvalue weighted by molar-refractivity contribution is 0.109. The molecular weight excluding hydrogens is 388 g/mol. The predicted octanol–water partition coefficient (Wildman–Crippen LogP) is 5.81. The molecule has 3 rings (SSSR count). The van der Waals surface area contributed by atoms with E-state index in [1.54, 1.807) is 6.20 Å². The molecule has 0 aliphatic carbocycles. The summed E-state index contributed by atoms with van der Waals surface area (Å²) in [4.78, 5) is 16.8. The van der Waals surface area contributed by atoms with Crippen LogP contribution in [-0.4, -0.2) is 24.2 Å². The highest BCUT2D eigenvalue weighted by Gasteiger charge is 2.13. The zero-order valence-electron chi connectivity index (χ0n) is 16.8. The molecule has 29 heavy (non-hydrogen) atoms. The van der Waals surface area contributed by atoms with Gasteiger partial charge < -0.3 is 19.5 Å². The fraction of sp³-hybridized carbons (Fsp3) is 0.273. The quantitative estimate of drug-likeness (QED) is 0.530. The first kappa shape index (κ1) is 20.7. The molecule has 0 spiro atoms. The summed E-state index contributed by atoms with van der Waals surface area (Å²) in [6, 6.07) is 15.3. The van der Waals surface area contributed by atoms with Crippen molar-refractivity contribution in [2.75, 3.05) is 7.05 Å². The minimum Gasteiger partial charge on any atom is -0.491 e. The highest BCUT2D eigenvalue weighted by atomic mass is 32.1. The molecule has 6 nitrogen and oxygen atoms in total. The van der Waals surface area contributed by atoms with E-state index in [1.165, 1.54) is 18.4 Å². The Morgan fingerprint density at radius 2 is 1.79 bits per heavy atom. The molecule has 1 heterocycles. The number of carbonyl (C=O) groups excluding carboxylic acids is 1. The molecule has 0 fully saturated rings. The molecule has 152 valence electrons. The number of benzene rings is 2. The van der Waals surface area contributed by atoms with E-state index in [2.05, 4.69) is 10.3 Å². The van der Waals surface area contributed by atoms with Gasteiger partial charge in [-0.3, -0.25) is 0 Å². The average Bonchev–Trinajstić information content (AvgIpc) is 3.17. The van der Waals surface area contributed by atoms with Crippen LogP contribution in [0.1, 0.15) is 32.4 Å². The maximum absolute atomic E-state index is 11.4. The SMILES string of the molecule is CNC(=O)OC(C)c1cccc(-c2cnc(Oc3ccc(OC(C)C)cc3)s2)c1. The van der Waals surface area contributed by atoms with Crippen molar-refractivity contribution in [2.24, 2.45) is 0 Å². The highest BCUT2D eigenvalue weighted by Crippen LogP contribution is 2.34. The monoisotopic (exact) mass is 412 g/mol. The van der Waals surface area contributed by atoms with Crippen molar-refractivity contribution in [3.63, 3.8) is 0 Å². The second-order valence-corrected chi connectivity index (χ2v) is 7.65. The zero-order chi connectivity index (χ0) is 20.8. The number of rotatable bonds is 7. The molecule has 0 bridgehead atoms. The molecular formula is C22H24N2O4S. The van der Waals surface area contributed by atoms with Crippen LogP contribution in [0.25, 0.3) is 10.4 Å². The summed E-state index contributed by atoms with van der Waals surface area (Å²) < 4.78 is 16.8. The Hall–Kier alpha value is -3.06. The van der Waals surface area contributed by atoms with E-state index in [-0.39, 0.29) is 12.2 Å². The number of hydrogen-bond acceptors (Lipinski definition) is 6. The van der Waals surface area contributed by atoms with Gasteiger partial charge >= 0.3 is 6.09 Å². The third-order valence-electron chi connectivity index (χ3n) is 4.01. The number of nitrogens with one attached hydrogen (secondary N) is 1. The van der Waals surface area contributed by atoms with Gasteiger partial charge in [0.15, 0.2) is 0 Å². The van der Waals surface area contributed by atoms with Gasteiger partial charge in [0, 0.05) is 13.2 Å². The van der Waals surface area contributed by atoms with Crippen LogP contribution in [0.2, 0.25) is 0 Å². The molecule has 0 radical (unpaired) electrons. The van der Waals surface area contributed by atoms with Gasteiger partial charge in [-0.25, -0.2) is 9.78 Å². The van der Waals surface area contributed by atoms with Gasteiger partial charge in [-0.2, -0.15) is 0 Å². The number of aromatic nitrogens is 1. The molecule has 0 saturated carbocycles. The first-order chi connectivity index (χ1) is 13.9. The van der Waals surface area contributed by atoms with Crippen LogP contribution in [0.4, 0.5) is 4.79 Å². The minimum atomic E-state index is -0.457. The Morgan fingerprint density at radius 3 is 2.48 bits per heavy atom. The van der Waals surface area contributed by atoms with Gasteiger partial charge in [-0.1, -0.05) is 29.5 Å². The third-order valence-corrected chi connectivity index (χ3v) is 4.94. The van der Waals surface area contributed by atoms with Crippen molar-refractivity contribution < 1.29 is 19.0 Å². The largest absolute Gasteiger partial charge is 0.491 e. The molecule has 3 aromatic rings. The molecule has 1 amide bonds. The standard InChI is InChI=1S/C22H24N2O4S/c1-14(2)26-18-8-10-19(11-9-18)28-22-24-13-20(29-22)17-7-5-6-16(12-17)15(3)27-21(25)23-4/h5-15H,1-4H3,(H,23,25). The first-order valence-electron chi connectivity index (χ1n) is 9.33. The van der Waals surface area contributed by atoms with E-state index < -0.39 is 6.09 Å². The van der Waals surface area contributed by atoms with Gasteiger partial charge in [-0.15, -0.1) is 0 Å². The van der Waals surface area contributed by atoms with Crippen molar-refractivity contribution in [3.05, 3.63) is 60.3 Å². The van der Waals surface area contributed by atoms with Crippen LogP contribution in [0.5, 0.6) is 16.7 Å². The number of ether oxygens (including phenoxy) is 3. The van der Waals surface area contributed by atoms with Crippen LogP contribution in [-0.2, 0) is 4.74 Å². The molecule has 1 N–H and O–H groups in total. The van der Waals surface area contributed by atoms with Gasteiger partial charge in [0.25, 0.3) is 5.19 Å². The van der Waals surface area contributed by atoms with Gasteiger partial charge in [-0.05, 0) is 62.2 Å². The Balaban J connectivity index is 1.69. The molecule has 0 aliphatic rings. The van der Waals surface area contributed by atoms with Gasteiger partial charge in [0.1, 0.15) is 17.6 Å².